The summed E-state index contributed by atoms with van der Waals surface area (Å²) in [5.74, 6) is 0.884. The van der Waals surface area contributed by atoms with Gasteiger partial charge in [-0.05, 0) is 18.2 Å². The number of ether oxygens (including phenoxy) is 3. The van der Waals surface area contributed by atoms with Gasteiger partial charge in [-0.15, -0.1) is 0 Å². The molecule has 1 aromatic carbocycles. The first-order valence-corrected chi connectivity index (χ1v) is 7.88. The Morgan fingerprint density at radius 3 is 2.32 bits per heavy atom. The van der Waals surface area contributed by atoms with Crippen molar-refractivity contribution in [2.45, 2.75) is 43.9 Å². The molecule has 1 aromatic rings. The lowest BCUT2D eigenvalue weighted by atomic mass is 10.0. The van der Waals surface area contributed by atoms with Crippen LogP contribution in [0.15, 0.2) is 18.2 Å². The number of hydrogen-bond acceptors (Lipinski definition) is 4. The average molecular weight is 306 g/mol. The van der Waals surface area contributed by atoms with E-state index in [0.717, 1.165) is 12.8 Å². The minimum atomic E-state index is -0.273. The van der Waals surface area contributed by atoms with E-state index >= 15 is 0 Å². The number of nitrogens with one attached hydrogen (secondary N) is 1. The second-order valence-electron chi connectivity index (χ2n) is 6.28. The molecule has 0 amide bonds. The highest BCUT2D eigenvalue weighted by Crippen LogP contribution is 2.29. The van der Waals surface area contributed by atoms with Gasteiger partial charge in [-0.2, -0.15) is 0 Å². The van der Waals surface area contributed by atoms with Gasteiger partial charge in [0.05, 0.1) is 38.9 Å². The van der Waals surface area contributed by atoms with Gasteiger partial charge in [0.15, 0.2) is 11.5 Å². The predicted octanol–water partition coefficient (Wildman–Crippen LogP) is 1.07. The van der Waals surface area contributed by atoms with Gasteiger partial charge in [0.2, 0.25) is 0 Å². The highest BCUT2D eigenvalue weighted by atomic mass is 16.5. The molecule has 1 N–H and O–H groups in total. The standard InChI is InChI=1S/C17H23NO4/c1-18-12-5-6-13(18)10-14(9-12)22-17(19)11-4-7-15(20-2)16(8-11)21-3/h4,7-8,12-14H,5-6,9-10H2,1-3H3/p+1/t12-,13+,14?. The van der Waals surface area contributed by atoms with Gasteiger partial charge in [-0.3, -0.25) is 0 Å². The van der Waals surface area contributed by atoms with Crippen LogP contribution >= 0.6 is 0 Å². The molecule has 0 aromatic heterocycles. The number of quaternary nitrogens is 1. The smallest absolute Gasteiger partial charge is 0.338 e. The summed E-state index contributed by atoms with van der Waals surface area (Å²) in [5, 5.41) is 0. The molecule has 2 unspecified atom stereocenters. The highest BCUT2D eigenvalue weighted by Gasteiger charge is 2.43. The van der Waals surface area contributed by atoms with Crippen molar-refractivity contribution in [2.75, 3.05) is 21.3 Å². The molecule has 2 fully saturated rings. The Morgan fingerprint density at radius 1 is 1.09 bits per heavy atom. The van der Waals surface area contributed by atoms with Gasteiger partial charge < -0.3 is 19.1 Å². The zero-order chi connectivity index (χ0) is 15.7. The van der Waals surface area contributed by atoms with Crippen molar-refractivity contribution < 1.29 is 23.9 Å². The summed E-state index contributed by atoms with van der Waals surface area (Å²) in [6.45, 7) is 0. The van der Waals surface area contributed by atoms with Gasteiger partial charge in [0.25, 0.3) is 0 Å². The first kappa shape index (κ1) is 15.2. The van der Waals surface area contributed by atoms with Crippen LogP contribution in [0.1, 0.15) is 36.0 Å². The maximum atomic E-state index is 12.4. The first-order chi connectivity index (χ1) is 10.6. The fourth-order valence-corrected chi connectivity index (χ4v) is 3.81. The molecule has 5 nitrogen and oxygen atoms in total. The summed E-state index contributed by atoms with van der Waals surface area (Å²) in [7, 11) is 5.39. The third kappa shape index (κ3) is 2.77. The molecular formula is C17H24NO4+. The molecule has 0 saturated carbocycles. The van der Waals surface area contributed by atoms with E-state index in [1.54, 1.807) is 37.3 Å². The van der Waals surface area contributed by atoms with Crippen LogP contribution in [-0.2, 0) is 4.74 Å². The third-order valence-corrected chi connectivity index (χ3v) is 5.14. The molecule has 0 spiro atoms. The molecule has 5 heteroatoms. The first-order valence-electron chi connectivity index (χ1n) is 7.88. The van der Waals surface area contributed by atoms with Crippen molar-refractivity contribution in [3.63, 3.8) is 0 Å². The van der Waals surface area contributed by atoms with Crippen LogP contribution < -0.4 is 14.4 Å². The van der Waals surface area contributed by atoms with Gasteiger partial charge in [-0.25, -0.2) is 4.79 Å². The summed E-state index contributed by atoms with van der Waals surface area (Å²) in [6.07, 6.45) is 4.49. The van der Waals surface area contributed by atoms with Crippen LogP contribution in [0.25, 0.3) is 0 Å². The number of piperidine rings is 1. The van der Waals surface area contributed by atoms with Crippen LogP contribution in [0.3, 0.4) is 0 Å². The summed E-state index contributed by atoms with van der Waals surface area (Å²) in [4.78, 5) is 14.0. The molecule has 2 heterocycles. The number of benzene rings is 1. The average Bonchev–Trinajstić information content (AvgIpc) is 2.76. The maximum Gasteiger partial charge on any atom is 0.338 e. The molecule has 120 valence electrons. The largest absolute Gasteiger partial charge is 0.493 e. The Hall–Kier alpha value is -1.75. The fraction of sp³-hybridized carbons (Fsp3) is 0.588. The Morgan fingerprint density at radius 2 is 1.73 bits per heavy atom. The third-order valence-electron chi connectivity index (χ3n) is 5.14. The number of carbonyl (C=O) groups excluding carboxylic acids is 1. The van der Waals surface area contributed by atoms with Gasteiger partial charge >= 0.3 is 5.97 Å². The van der Waals surface area contributed by atoms with E-state index in [1.807, 2.05) is 0 Å². The summed E-state index contributed by atoms with van der Waals surface area (Å²) in [6, 6.07) is 6.41. The number of esters is 1. The second-order valence-corrected chi connectivity index (χ2v) is 6.28. The van der Waals surface area contributed by atoms with Crippen molar-refractivity contribution in [1.82, 2.24) is 0 Å². The molecule has 0 aliphatic carbocycles. The topological polar surface area (TPSA) is 49.2 Å². The van der Waals surface area contributed by atoms with E-state index in [2.05, 4.69) is 7.05 Å². The molecule has 2 bridgehead atoms. The SMILES string of the molecule is COc1ccc(C(=O)OC2C[C@H]3CC[C@@H](C2)[NH+]3C)cc1OC. The normalized spacial score (nSPS) is 30.0. The Bertz CT molecular complexity index is 546. The van der Waals surface area contributed by atoms with Crippen LogP contribution in [0.2, 0.25) is 0 Å². The number of methoxy groups -OCH3 is 2. The van der Waals surface area contributed by atoms with Gasteiger partial charge in [-0.1, -0.05) is 0 Å². The summed E-state index contributed by atoms with van der Waals surface area (Å²) < 4.78 is 16.2. The van der Waals surface area contributed by atoms with Crippen molar-refractivity contribution in [2.24, 2.45) is 0 Å². The van der Waals surface area contributed by atoms with Crippen molar-refractivity contribution >= 4 is 5.97 Å². The Labute approximate surface area is 131 Å². The van der Waals surface area contributed by atoms with Crippen molar-refractivity contribution in [1.29, 1.82) is 0 Å². The summed E-state index contributed by atoms with van der Waals surface area (Å²) >= 11 is 0. The highest BCUT2D eigenvalue weighted by molar-refractivity contribution is 5.90. The fourth-order valence-electron chi connectivity index (χ4n) is 3.81. The van der Waals surface area contributed by atoms with Crippen LogP contribution in [-0.4, -0.2) is 45.4 Å². The number of fused-ring (bicyclic) bond motifs is 2. The minimum absolute atomic E-state index is 0.0433. The van der Waals surface area contributed by atoms with Crippen LogP contribution in [0, 0.1) is 0 Å². The van der Waals surface area contributed by atoms with E-state index in [-0.39, 0.29) is 12.1 Å². The lowest BCUT2D eigenvalue weighted by Crippen LogP contribution is -3.15. The van der Waals surface area contributed by atoms with Gasteiger partial charge in [0, 0.05) is 25.7 Å². The number of hydrogen-bond donors (Lipinski definition) is 1. The molecule has 3 rings (SSSR count). The van der Waals surface area contributed by atoms with E-state index in [0.29, 0.717) is 29.1 Å². The van der Waals surface area contributed by atoms with E-state index in [4.69, 9.17) is 14.2 Å². The van der Waals surface area contributed by atoms with E-state index < -0.39 is 0 Å². The molecule has 0 radical (unpaired) electrons. The Balaban J connectivity index is 1.67. The number of carbonyl (C=O) groups is 1. The van der Waals surface area contributed by atoms with E-state index in [1.165, 1.54) is 12.8 Å². The lowest BCUT2D eigenvalue weighted by Gasteiger charge is -2.33. The number of rotatable bonds is 4. The molecule has 2 saturated heterocycles. The molecule has 2 aliphatic rings. The maximum absolute atomic E-state index is 12.4. The van der Waals surface area contributed by atoms with Crippen molar-refractivity contribution in [3.05, 3.63) is 23.8 Å². The molecule has 22 heavy (non-hydrogen) atoms. The monoisotopic (exact) mass is 306 g/mol. The van der Waals surface area contributed by atoms with Crippen molar-refractivity contribution in [3.8, 4) is 11.5 Å². The predicted molar refractivity (Wildman–Crippen MR) is 81.7 cm³/mol. The zero-order valence-corrected chi connectivity index (χ0v) is 13.4. The second kappa shape index (κ2) is 6.16. The molecule has 2 aliphatic heterocycles. The Kier molecular flexibility index (Phi) is 4.25. The summed E-state index contributed by atoms with van der Waals surface area (Å²) in [5.41, 5.74) is 0.510. The van der Waals surface area contributed by atoms with Gasteiger partial charge in [0.1, 0.15) is 6.10 Å². The van der Waals surface area contributed by atoms with E-state index in [9.17, 15) is 4.79 Å². The minimum Gasteiger partial charge on any atom is -0.493 e. The van der Waals surface area contributed by atoms with Crippen LogP contribution in [0.4, 0.5) is 0 Å². The quantitative estimate of drug-likeness (QED) is 0.846. The lowest BCUT2D eigenvalue weighted by molar-refractivity contribution is -0.923. The van der Waals surface area contributed by atoms with Crippen LogP contribution in [0.5, 0.6) is 11.5 Å². The zero-order valence-electron chi connectivity index (χ0n) is 13.4. The molecular weight excluding hydrogens is 282 g/mol. The molecule has 4 atom stereocenters.